The van der Waals surface area contributed by atoms with Gasteiger partial charge in [-0.25, -0.2) is 4.68 Å². The Bertz CT molecular complexity index is 859. The van der Waals surface area contributed by atoms with Crippen LogP contribution in [-0.2, 0) is 0 Å². The third-order valence-corrected chi connectivity index (χ3v) is 5.09. The maximum atomic E-state index is 13.4. The first-order valence-corrected chi connectivity index (χ1v) is 8.91. The fraction of sp³-hybridized carbons (Fsp3) is 0.588. The molecule has 1 amide bonds. The summed E-state index contributed by atoms with van der Waals surface area (Å²) in [6.45, 7) is 3.93. The molecule has 2 aliphatic rings. The second-order valence-electron chi connectivity index (χ2n) is 7.23. The average Bonchev–Trinajstić information content (AvgIpc) is 3.30. The monoisotopic (exact) mass is 383 g/mol. The number of anilines is 1. The van der Waals surface area contributed by atoms with E-state index < -0.39 is 12.2 Å². The molecule has 0 aromatic carbocycles. The van der Waals surface area contributed by atoms with E-state index in [0.717, 1.165) is 11.1 Å². The summed E-state index contributed by atoms with van der Waals surface area (Å²) in [4.78, 5) is 14.3. The highest BCUT2D eigenvalue weighted by Gasteiger charge is 2.46. The van der Waals surface area contributed by atoms with Gasteiger partial charge in [0.25, 0.3) is 5.91 Å². The van der Waals surface area contributed by atoms with Crippen LogP contribution in [0.2, 0.25) is 0 Å². The molecule has 2 aliphatic heterocycles. The minimum Gasteiger partial charge on any atom is -0.368 e. The SMILES string of the molecule is Cc1cc(C(=O)N2CCC[C@H]2c2cc3n(n2)[C@@H](C(F)(F)F)C[C@@H](C)N3)on1. The van der Waals surface area contributed by atoms with E-state index in [1.807, 2.05) is 0 Å². The number of alkyl halides is 3. The van der Waals surface area contributed by atoms with E-state index >= 15 is 0 Å². The van der Waals surface area contributed by atoms with Gasteiger partial charge < -0.3 is 14.7 Å². The average molecular weight is 383 g/mol. The molecule has 7 nitrogen and oxygen atoms in total. The lowest BCUT2D eigenvalue weighted by Crippen LogP contribution is -2.38. The maximum absolute atomic E-state index is 13.4. The zero-order valence-corrected chi connectivity index (χ0v) is 15.0. The Morgan fingerprint density at radius 3 is 2.81 bits per heavy atom. The molecule has 0 spiro atoms. The first-order valence-electron chi connectivity index (χ1n) is 8.91. The van der Waals surface area contributed by atoms with E-state index in [-0.39, 0.29) is 30.2 Å². The van der Waals surface area contributed by atoms with Crippen LogP contribution in [0.3, 0.4) is 0 Å². The minimum atomic E-state index is -4.38. The summed E-state index contributed by atoms with van der Waals surface area (Å²) < 4.78 is 46.4. The molecule has 0 saturated carbocycles. The lowest BCUT2D eigenvalue weighted by atomic mass is 10.1. The molecule has 0 bridgehead atoms. The molecule has 4 rings (SSSR count). The van der Waals surface area contributed by atoms with Gasteiger partial charge in [-0.2, -0.15) is 18.3 Å². The summed E-state index contributed by atoms with van der Waals surface area (Å²) in [5.41, 5.74) is 1.06. The fourth-order valence-electron chi connectivity index (χ4n) is 3.86. The second kappa shape index (κ2) is 6.28. The van der Waals surface area contributed by atoms with Gasteiger partial charge in [0.05, 0.1) is 17.4 Å². The van der Waals surface area contributed by atoms with Crippen molar-refractivity contribution in [1.82, 2.24) is 19.8 Å². The number of hydrogen-bond acceptors (Lipinski definition) is 5. The number of carbonyl (C=O) groups is 1. The number of nitrogens with one attached hydrogen (secondary N) is 1. The number of amides is 1. The number of likely N-dealkylation sites (tertiary alicyclic amines) is 1. The molecule has 0 aliphatic carbocycles. The van der Waals surface area contributed by atoms with Crippen LogP contribution in [0.1, 0.15) is 60.2 Å². The highest BCUT2D eigenvalue weighted by atomic mass is 19.4. The third-order valence-electron chi connectivity index (χ3n) is 5.09. The first-order chi connectivity index (χ1) is 12.7. The van der Waals surface area contributed by atoms with E-state index in [1.165, 1.54) is 0 Å². The van der Waals surface area contributed by atoms with E-state index in [0.29, 0.717) is 30.2 Å². The van der Waals surface area contributed by atoms with Crippen molar-refractivity contribution in [3.8, 4) is 0 Å². The van der Waals surface area contributed by atoms with Crippen molar-refractivity contribution < 1.29 is 22.5 Å². The molecular weight excluding hydrogens is 363 g/mol. The van der Waals surface area contributed by atoms with Crippen LogP contribution < -0.4 is 5.32 Å². The number of nitrogens with zero attached hydrogens (tertiary/aromatic N) is 4. The summed E-state index contributed by atoms with van der Waals surface area (Å²) in [5, 5.41) is 11.0. The van der Waals surface area contributed by atoms with Crippen LogP contribution in [0.4, 0.5) is 19.0 Å². The Morgan fingerprint density at radius 2 is 2.15 bits per heavy atom. The molecule has 2 aromatic heterocycles. The number of fused-ring (bicyclic) bond motifs is 1. The van der Waals surface area contributed by atoms with Crippen molar-refractivity contribution in [3.05, 3.63) is 29.3 Å². The lowest BCUT2D eigenvalue weighted by Gasteiger charge is -2.31. The normalized spacial score (nSPS) is 25.4. The predicted molar refractivity (Wildman–Crippen MR) is 89.3 cm³/mol. The van der Waals surface area contributed by atoms with Gasteiger partial charge in [-0.1, -0.05) is 5.16 Å². The Morgan fingerprint density at radius 1 is 1.37 bits per heavy atom. The molecular formula is C17H20F3N5O2. The molecule has 1 fully saturated rings. The molecule has 146 valence electrons. The van der Waals surface area contributed by atoms with E-state index in [9.17, 15) is 18.0 Å². The summed E-state index contributed by atoms with van der Waals surface area (Å²) in [5.74, 6) is 0.141. The van der Waals surface area contributed by atoms with Gasteiger partial charge in [0, 0.05) is 24.7 Å². The van der Waals surface area contributed by atoms with Gasteiger partial charge in [-0.3, -0.25) is 4.79 Å². The molecule has 1 N–H and O–H groups in total. The second-order valence-corrected chi connectivity index (χ2v) is 7.23. The van der Waals surface area contributed by atoms with E-state index in [4.69, 9.17) is 4.52 Å². The Balaban J connectivity index is 1.64. The molecule has 10 heteroatoms. The van der Waals surface area contributed by atoms with Gasteiger partial charge >= 0.3 is 6.18 Å². The van der Waals surface area contributed by atoms with Gasteiger partial charge in [-0.15, -0.1) is 0 Å². The molecule has 0 unspecified atom stereocenters. The Kier molecular flexibility index (Phi) is 4.15. The molecule has 4 heterocycles. The third kappa shape index (κ3) is 3.17. The largest absolute Gasteiger partial charge is 0.410 e. The van der Waals surface area contributed by atoms with Crippen LogP contribution >= 0.6 is 0 Å². The van der Waals surface area contributed by atoms with Gasteiger partial charge in [-0.05, 0) is 33.1 Å². The topological polar surface area (TPSA) is 76.2 Å². The molecule has 0 radical (unpaired) electrons. The van der Waals surface area contributed by atoms with Crippen LogP contribution in [0, 0.1) is 6.92 Å². The highest BCUT2D eigenvalue weighted by molar-refractivity contribution is 5.92. The number of rotatable bonds is 2. The zero-order valence-electron chi connectivity index (χ0n) is 15.0. The standard InChI is InChI=1S/C17H20F3N5O2/c1-9-7-14(17(18,19)20)25-15(21-9)8-11(22-25)12-4-3-5-24(12)16(26)13-6-10(2)23-27-13/h6,8-9,12,14,21H,3-5,7H2,1-2H3/t9-,12+,14-/m1/s1. The summed E-state index contributed by atoms with van der Waals surface area (Å²) >= 11 is 0. The Labute approximate surface area is 153 Å². The van der Waals surface area contributed by atoms with Crippen molar-refractivity contribution in [2.45, 2.75) is 57.4 Å². The highest BCUT2D eigenvalue weighted by Crippen LogP contribution is 2.41. The number of carbonyl (C=O) groups excluding carboxylic acids is 1. The number of aryl methyl sites for hydroxylation is 1. The van der Waals surface area contributed by atoms with Crippen LogP contribution in [-0.4, -0.2) is 44.5 Å². The van der Waals surface area contributed by atoms with Crippen LogP contribution in [0.15, 0.2) is 16.7 Å². The van der Waals surface area contributed by atoms with E-state index in [2.05, 4.69) is 15.6 Å². The molecule has 3 atom stereocenters. The molecule has 27 heavy (non-hydrogen) atoms. The molecule has 1 saturated heterocycles. The van der Waals surface area contributed by atoms with Crippen molar-refractivity contribution in [2.75, 3.05) is 11.9 Å². The van der Waals surface area contributed by atoms with Crippen molar-refractivity contribution in [1.29, 1.82) is 0 Å². The van der Waals surface area contributed by atoms with Crippen LogP contribution in [0.5, 0.6) is 0 Å². The summed E-state index contributed by atoms with van der Waals surface area (Å²) in [6.07, 6.45) is -3.07. The first kappa shape index (κ1) is 17.9. The quantitative estimate of drug-likeness (QED) is 0.860. The fourth-order valence-corrected chi connectivity index (χ4v) is 3.86. The Hall–Kier alpha value is -2.52. The lowest BCUT2D eigenvalue weighted by molar-refractivity contribution is -0.173. The smallest absolute Gasteiger partial charge is 0.368 e. The number of halogens is 3. The summed E-state index contributed by atoms with van der Waals surface area (Å²) in [6, 6.07) is 0.814. The van der Waals surface area contributed by atoms with E-state index in [1.54, 1.807) is 30.9 Å². The predicted octanol–water partition coefficient (Wildman–Crippen LogP) is 3.46. The maximum Gasteiger partial charge on any atom is 0.410 e. The van der Waals surface area contributed by atoms with Gasteiger partial charge in [0.15, 0.2) is 6.04 Å². The van der Waals surface area contributed by atoms with Crippen LogP contribution in [0.25, 0.3) is 0 Å². The minimum absolute atomic E-state index is 0.0811. The van der Waals surface area contributed by atoms with Gasteiger partial charge in [0.2, 0.25) is 5.76 Å². The number of hydrogen-bond donors (Lipinski definition) is 1. The summed E-state index contributed by atoms with van der Waals surface area (Å²) in [7, 11) is 0. The van der Waals surface area contributed by atoms with Crippen molar-refractivity contribution in [3.63, 3.8) is 0 Å². The van der Waals surface area contributed by atoms with Gasteiger partial charge in [0.1, 0.15) is 5.82 Å². The zero-order chi connectivity index (χ0) is 19.3. The number of aromatic nitrogens is 3. The van der Waals surface area contributed by atoms with Crippen molar-refractivity contribution >= 4 is 11.7 Å². The van der Waals surface area contributed by atoms with Crippen molar-refractivity contribution in [2.24, 2.45) is 0 Å². The molecule has 2 aromatic rings.